The number of hydrogen-bond donors (Lipinski definition) is 2. The third kappa shape index (κ3) is 5.51. The molecule has 0 bridgehead atoms. The number of nitrogens with zero attached hydrogens (tertiary/aromatic N) is 3. The monoisotopic (exact) mass is 525 g/mol. The van der Waals surface area contributed by atoms with Crippen LogP contribution in [0.4, 0.5) is 25.5 Å². The standard InChI is InChI=1S/C27H32FN5O5/c1-15(34)29-11-18-12-33(26(36)37-18)17-6-7-19(22(28)9-17)16-5-8-23(30-10-16)32-13-20-21(14-32)24(20)31-25(35)38-27(2,3)4/h5-10,18,20-21,24H,11-14H2,1-4H3,(H,29,34)(H,31,35)/t18-,20-,21+,24?/m0/s1. The summed E-state index contributed by atoms with van der Waals surface area (Å²) in [5.41, 5.74) is 0.862. The molecule has 5 rings (SSSR count). The Hall–Kier alpha value is -3.89. The first-order valence-corrected chi connectivity index (χ1v) is 12.7. The lowest BCUT2D eigenvalue weighted by molar-refractivity contribution is -0.119. The van der Waals surface area contributed by atoms with Crippen molar-refractivity contribution in [3.05, 3.63) is 42.3 Å². The van der Waals surface area contributed by atoms with Crippen molar-refractivity contribution in [2.75, 3.05) is 36.0 Å². The number of anilines is 2. The van der Waals surface area contributed by atoms with E-state index in [-0.39, 0.29) is 31.1 Å². The molecule has 0 radical (unpaired) electrons. The van der Waals surface area contributed by atoms with Gasteiger partial charge in [-0.15, -0.1) is 0 Å². The first-order chi connectivity index (χ1) is 18.0. The zero-order chi connectivity index (χ0) is 27.2. The lowest BCUT2D eigenvalue weighted by Crippen LogP contribution is -2.38. The van der Waals surface area contributed by atoms with Crippen LogP contribution in [0.2, 0.25) is 0 Å². The minimum atomic E-state index is -0.578. The van der Waals surface area contributed by atoms with Gasteiger partial charge in [0.2, 0.25) is 5.91 Å². The van der Waals surface area contributed by atoms with Gasteiger partial charge in [-0.2, -0.15) is 0 Å². The molecule has 10 nitrogen and oxygen atoms in total. The second-order valence-corrected chi connectivity index (χ2v) is 11.0. The maximum Gasteiger partial charge on any atom is 0.414 e. The Kier molecular flexibility index (Phi) is 6.62. The zero-order valence-corrected chi connectivity index (χ0v) is 21.9. The van der Waals surface area contributed by atoms with Gasteiger partial charge in [0.05, 0.1) is 18.8 Å². The highest BCUT2D eigenvalue weighted by Crippen LogP contribution is 2.46. The van der Waals surface area contributed by atoms with E-state index in [2.05, 4.69) is 20.5 Å². The van der Waals surface area contributed by atoms with Crippen LogP contribution in [-0.4, -0.2) is 67.0 Å². The Bertz CT molecular complexity index is 1240. The predicted octanol–water partition coefficient (Wildman–Crippen LogP) is 3.31. The maximum absolute atomic E-state index is 15.1. The number of piperidine rings is 1. The average molecular weight is 526 g/mol. The molecule has 1 aromatic heterocycles. The number of rotatable bonds is 6. The van der Waals surface area contributed by atoms with Gasteiger partial charge in [-0.1, -0.05) is 0 Å². The highest BCUT2D eigenvalue weighted by Gasteiger charge is 2.57. The SMILES string of the molecule is CC(=O)NC[C@H]1CN(c2ccc(-c3ccc(N4C[C@@H]5C(NC(=O)OC(C)(C)C)[C@@H]5C4)nc3)c(F)c2)C(=O)O1. The van der Waals surface area contributed by atoms with E-state index in [1.807, 2.05) is 32.9 Å². The number of cyclic esters (lactones) is 1. The van der Waals surface area contributed by atoms with Gasteiger partial charge in [-0.05, 0) is 51.1 Å². The van der Waals surface area contributed by atoms with Crippen LogP contribution in [-0.2, 0) is 14.3 Å². The third-order valence-corrected chi connectivity index (χ3v) is 6.98. The number of halogens is 1. The van der Waals surface area contributed by atoms with E-state index < -0.39 is 23.6 Å². The highest BCUT2D eigenvalue weighted by atomic mass is 19.1. The molecule has 2 aromatic rings. The van der Waals surface area contributed by atoms with E-state index in [1.165, 1.54) is 17.9 Å². The first-order valence-electron chi connectivity index (χ1n) is 12.7. The smallest absolute Gasteiger partial charge is 0.414 e. The summed E-state index contributed by atoms with van der Waals surface area (Å²) in [5, 5.41) is 5.58. The van der Waals surface area contributed by atoms with Crippen LogP contribution < -0.4 is 20.4 Å². The van der Waals surface area contributed by atoms with Gasteiger partial charge in [-0.3, -0.25) is 9.69 Å². The molecule has 202 valence electrons. The fourth-order valence-corrected chi connectivity index (χ4v) is 5.11. The summed E-state index contributed by atoms with van der Waals surface area (Å²) in [6.45, 7) is 8.91. The molecule has 2 aliphatic heterocycles. The molecule has 3 amide bonds. The molecule has 38 heavy (non-hydrogen) atoms. The molecule has 2 saturated heterocycles. The fraction of sp³-hybridized carbons (Fsp3) is 0.481. The highest BCUT2D eigenvalue weighted by molar-refractivity contribution is 5.90. The summed E-state index contributed by atoms with van der Waals surface area (Å²) in [5.74, 6) is 0.844. The van der Waals surface area contributed by atoms with Crippen LogP contribution in [0.25, 0.3) is 11.1 Å². The molecular weight excluding hydrogens is 493 g/mol. The Morgan fingerprint density at radius 2 is 1.89 bits per heavy atom. The van der Waals surface area contributed by atoms with Crippen LogP contribution >= 0.6 is 0 Å². The molecule has 4 atom stereocenters. The van der Waals surface area contributed by atoms with Crippen molar-refractivity contribution < 1.29 is 28.2 Å². The molecular formula is C27H32FN5O5. The number of ether oxygens (including phenoxy) is 2. The van der Waals surface area contributed by atoms with E-state index >= 15 is 4.39 Å². The lowest BCUT2D eigenvalue weighted by atomic mass is 10.1. The Morgan fingerprint density at radius 1 is 1.16 bits per heavy atom. The normalized spacial score (nSPS) is 24.1. The number of pyridine rings is 1. The van der Waals surface area contributed by atoms with E-state index in [0.717, 1.165) is 18.9 Å². The van der Waals surface area contributed by atoms with Gasteiger partial charge in [-0.25, -0.2) is 19.0 Å². The van der Waals surface area contributed by atoms with Crippen molar-refractivity contribution in [3.63, 3.8) is 0 Å². The van der Waals surface area contributed by atoms with Gasteiger partial charge in [0.1, 0.15) is 23.3 Å². The van der Waals surface area contributed by atoms with Crippen molar-refractivity contribution >= 4 is 29.6 Å². The molecule has 1 saturated carbocycles. The Balaban J connectivity index is 1.17. The van der Waals surface area contributed by atoms with Crippen molar-refractivity contribution in [2.45, 2.75) is 45.4 Å². The Labute approximate surface area is 220 Å². The molecule has 3 heterocycles. The Morgan fingerprint density at radius 3 is 2.50 bits per heavy atom. The molecule has 1 unspecified atom stereocenters. The van der Waals surface area contributed by atoms with E-state index in [4.69, 9.17) is 9.47 Å². The number of alkyl carbamates (subject to hydrolysis) is 1. The van der Waals surface area contributed by atoms with Gasteiger partial charge in [0.25, 0.3) is 0 Å². The fourth-order valence-electron chi connectivity index (χ4n) is 5.11. The van der Waals surface area contributed by atoms with E-state index in [1.54, 1.807) is 18.3 Å². The predicted molar refractivity (Wildman–Crippen MR) is 138 cm³/mol. The molecule has 1 aliphatic carbocycles. The van der Waals surface area contributed by atoms with Gasteiger partial charge >= 0.3 is 12.2 Å². The zero-order valence-electron chi connectivity index (χ0n) is 21.9. The molecule has 3 aliphatic rings. The second kappa shape index (κ2) is 9.77. The molecule has 0 spiro atoms. The quantitative estimate of drug-likeness (QED) is 0.595. The number of benzene rings is 1. The van der Waals surface area contributed by atoms with Crippen molar-refractivity contribution in [3.8, 4) is 11.1 Å². The topological polar surface area (TPSA) is 113 Å². The van der Waals surface area contributed by atoms with E-state index in [9.17, 15) is 14.4 Å². The number of carbonyl (C=O) groups is 3. The van der Waals surface area contributed by atoms with Crippen LogP contribution in [0.3, 0.4) is 0 Å². The van der Waals surface area contributed by atoms with Gasteiger partial charge in [0.15, 0.2) is 0 Å². The third-order valence-electron chi connectivity index (χ3n) is 6.98. The minimum Gasteiger partial charge on any atom is -0.444 e. The van der Waals surface area contributed by atoms with Crippen LogP contribution in [0.15, 0.2) is 36.5 Å². The van der Waals surface area contributed by atoms with E-state index in [0.29, 0.717) is 28.7 Å². The summed E-state index contributed by atoms with van der Waals surface area (Å²) in [4.78, 5) is 43.5. The molecule has 11 heteroatoms. The number of carbonyl (C=O) groups excluding carboxylic acids is 3. The number of hydrogen-bond acceptors (Lipinski definition) is 7. The van der Waals surface area contributed by atoms with Crippen molar-refractivity contribution in [2.24, 2.45) is 11.8 Å². The van der Waals surface area contributed by atoms with Gasteiger partial charge in [0, 0.05) is 55.2 Å². The summed E-state index contributed by atoms with van der Waals surface area (Å²) in [7, 11) is 0. The van der Waals surface area contributed by atoms with Crippen LogP contribution in [0.1, 0.15) is 27.7 Å². The van der Waals surface area contributed by atoms with Crippen LogP contribution in [0, 0.1) is 17.7 Å². The number of nitrogens with one attached hydrogen (secondary N) is 2. The first kappa shape index (κ1) is 25.7. The number of amides is 3. The van der Waals surface area contributed by atoms with Crippen molar-refractivity contribution in [1.29, 1.82) is 0 Å². The summed E-state index contributed by atoms with van der Waals surface area (Å²) in [6, 6.07) is 8.41. The second-order valence-electron chi connectivity index (χ2n) is 11.0. The molecule has 2 N–H and O–H groups in total. The largest absolute Gasteiger partial charge is 0.444 e. The lowest BCUT2D eigenvalue weighted by Gasteiger charge is -2.23. The number of aromatic nitrogens is 1. The molecule has 1 aromatic carbocycles. The number of fused-ring (bicyclic) bond motifs is 1. The average Bonchev–Trinajstić information content (AvgIpc) is 3.17. The van der Waals surface area contributed by atoms with Gasteiger partial charge < -0.3 is 25.0 Å². The van der Waals surface area contributed by atoms with Crippen LogP contribution in [0.5, 0.6) is 0 Å². The van der Waals surface area contributed by atoms with Crippen molar-refractivity contribution in [1.82, 2.24) is 15.6 Å². The molecule has 3 fully saturated rings. The summed E-state index contributed by atoms with van der Waals surface area (Å²) < 4.78 is 25.7. The maximum atomic E-state index is 15.1. The summed E-state index contributed by atoms with van der Waals surface area (Å²) in [6.07, 6.45) is 0.184. The minimum absolute atomic E-state index is 0.126. The summed E-state index contributed by atoms with van der Waals surface area (Å²) >= 11 is 0.